The monoisotopic (exact) mass is 302 g/mol. The molecule has 0 heterocycles. The Morgan fingerprint density at radius 3 is 2.25 bits per heavy atom. The Hall–Kier alpha value is -2.19. The maximum Gasteiger partial charge on any atom is 0.317 e. The van der Waals surface area contributed by atoms with Gasteiger partial charge in [-0.25, -0.2) is 0 Å². The predicted molar refractivity (Wildman–Crippen MR) is 68.7 cm³/mol. The normalized spacial score (nSPS) is 10.5. The Balaban J connectivity index is 3.00. The lowest BCUT2D eigenvalue weighted by Crippen LogP contribution is -2.34. The van der Waals surface area contributed by atoms with Gasteiger partial charge in [0.2, 0.25) is 0 Å². The standard InChI is InChI=1S/C11H11ClN2O6/c12-8-2-1-7(9(3-8)14(19)20)4-13(5-10(15)16)6-11(17)18/h1-3H,4-6H2,(H,15,16)(H,17,18). The number of hydrogen-bond acceptors (Lipinski definition) is 5. The van der Waals surface area contributed by atoms with Crippen molar-refractivity contribution in [3.63, 3.8) is 0 Å². The summed E-state index contributed by atoms with van der Waals surface area (Å²) >= 11 is 5.66. The molecule has 20 heavy (non-hydrogen) atoms. The molecule has 0 fully saturated rings. The van der Waals surface area contributed by atoms with Crippen molar-refractivity contribution in [2.75, 3.05) is 13.1 Å². The van der Waals surface area contributed by atoms with Crippen LogP contribution in [-0.2, 0) is 16.1 Å². The lowest BCUT2D eigenvalue weighted by molar-refractivity contribution is -0.385. The zero-order valence-corrected chi connectivity index (χ0v) is 10.9. The molecule has 0 radical (unpaired) electrons. The first-order valence-electron chi connectivity index (χ1n) is 5.38. The summed E-state index contributed by atoms with van der Waals surface area (Å²) in [5.74, 6) is -2.44. The van der Waals surface area contributed by atoms with Gasteiger partial charge >= 0.3 is 11.9 Å². The van der Waals surface area contributed by atoms with Crippen molar-refractivity contribution in [2.45, 2.75) is 6.54 Å². The Labute approximate surface area is 118 Å². The second-order valence-electron chi connectivity index (χ2n) is 3.96. The number of nitro benzene ring substituents is 1. The third-order valence-corrected chi connectivity index (χ3v) is 2.59. The maximum atomic E-state index is 10.9. The highest BCUT2D eigenvalue weighted by Crippen LogP contribution is 2.24. The van der Waals surface area contributed by atoms with E-state index in [-0.39, 0.29) is 22.8 Å². The summed E-state index contributed by atoms with van der Waals surface area (Å²) < 4.78 is 0. The van der Waals surface area contributed by atoms with E-state index < -0.39 is 30.0 Å². The number of carboxylic acids is 2. The quantitative estimate of drug-likeness (QED) is 0.573. The van der Waals surface area contributed by atoms with Gasteiger partial charge in [0, 0.05) is 23.2 Å². The summed E-state index contributed by atoms with van der Waals surface area (Å²) in [6, 6.07) is 3.93. The molecule has 0 aromatic heterocycles. The SMILES string of the molecule is O=C(O)CN(CC(=O)O)Cc1ccc(Cl)cc1[N+](=O)[O-]. The molecule has 1 aromatic rings. The van der Waals surface area contributed by atoms with E-state index in [4.69, 9.17) is 21.8 Å². The molecule has 0 bridgehead atoms. The van der Waals surface area contributed by atoms with Crippen LogP contribution in [0.5, 0.6) is 0 Å². The van der Waals surface area contributed by atoms with Crippen molar-refractivity contribution in [2.24, 2.45) is 0 Å². The molecule has 1 rings (SSSR count). The molecular weight excluding hydrogens is 292 g/mol. The highest BCUT2D eigenvalue weighted by atomic mass is 35.5. The van der Waals surface area contributed by atoms with Gasteiger partial charge in [-0.1, -0.05) is 11.6 Å². The summed E-state index contributed by atoms with van der Waals surface area (Å²) in [6.07, 6.45) is 0. The molecule has 0 saturated carbocycles. The minimum atomic E-state index is -1.22. The number of hydrogen-bond donors (Lipinski definition) is 2. The van der Waals surface area contributed by atoms with Gasteiger partial charge in [0.15, 0.2) is 0 Å². The van der Waals surface area contributed by atoms with Gasteiger partial charge in [-0.2, -0.15) is 0 Å². The number of halogens is 1. The van der Waals surface area contributed by atoms with E-state index >= 15 is 0 Å². The smallest absolute Gasteiger partial charge is 0.317 e. The lowest BCUT2D eigenvalue weighted by atomic mass is 10.1. The molecule has 0 spiro atoms. The fraction of sp³-hybridized carbons (Fsp3) is 0.273. The number of benzene rings is 1. The van der Waals surface area contributed by atoms with Crippen LogP contribution in [0, 0.1) is 10.1 Å². The van der Waals surface area contributed by atoms with Gasteiger partial charge < -0.3 is 10.2 Å². The molecule has 0 aliphatic rings. The summed E-state index contributed by atoms with van der Waals surface area (Å²) in [5.41, 5.74) is -0.0832. The number of carbonyl (C=O) groups is 2. The fourth-order valence-corrected chi connectivity index (χ4v) is 1.80. The summed E-state index contributed by atoms with van der Waals surface area (Å²) in [4.78, 5) is 32.6. The molecule has 9 heteroatoms. The Morgan fingerprint density at radius 2 is 1.80 bits per heavy atom. The van der Waals surface area contributed by atoms with Crippen molar-refractivity contribution >= 4 is 29.2 Å². The van der Waals surface area contributed by atoms with Crippen molar-refractivity contribution in [3.05, 3.63) is 38.9 Å². The average molecular weight is 303 g/mol. The van der Waals surface area contributed by atoms with Crippen molar-refractivity contribution in [3.8, 4) is 0 Å². The van der Waals surface area contributed by atoms with Crippen LogP contribution in [0.15, 0.2) is 18.2 Å². The van der Waals surface area contributed by atoms with Crippen LogP contribution in [-0.4, -0.2) is 45.1 Å². The van der Waals surface area contributed by atoms with E-state index in [1.165, 1.54) is 12.1 Å². The maximum absolute atomic E-state index is 10.9. The molecule has 1 aromatic carbocycles. The van der Waals surface area contributed by atoms with Crippen LogP contribution < -0.4 is 0 Å². The first-order valence-corrected chi connectivity index (χ1v) is 5.76. The van der Waals surface area contributed by atoms with Gasteiger partial charge in [0.05, 0.1) is 18.0 Å². The van der Waals surface area contributed by atoms with E-state index in [9.17, 15) is 19.7 Å². The van der Waals surface area contributed by atoms with Crippen LogP contribution in [0.3, 0.4) is 0 Å². The molecule has 0 saturated heterocycles. The molecule has 0 aliphatic carbocycles. The third-order valence-electron chi connectivity index (χ3n) is 2.36. The zero-order valence-electron chi connectivity index (χ0n) is 10.2. The number of carboxylic acid groups (broad SMARTS) is 2. The van der Waals surface area contributed by atoms with Gasteiger partial charge in [0.25, 0.3) is 5.69 Å². The molecule has 8 nitrogen and oxygen atoms in total. The number of aliphatic carboxylic acids is 2. The molecular formula is C11H11ClN2O6. The highest BCUT2D eigenvalue weighted by Gasteiger charge is 2.20. The second-order valence-corrected chi connectivity index (χ2v) is 4.40. The van der Waals surface area contributed by atoms with E-state index in [0.717, 1.165) is 11.0 Å². The van der Waals surface area contributed by atoms with E-state index in [2.05, 4.69) is 0 Å². The number of nitro groups is 1. The van der Waals surface area contributed by atoms with E-state index in [0.29, 0.717) is 0 Å². The molecule has 0 unspecified atom stereocenters. The summed E-state index contributed by atoms with van der Waals surface area (Å²) in [5, 5.41) is 28.5. The first kappa shape index (κ1) is 15.9. The van der Waals surface area contributed by atoms with E-state index in [1.807, 2.05) is 0 Å². The molecule has 0 atom stereocenters. The van der Waals surface area contributed by atoms with Crippen LogP contribution >= 0.6 is 11.6 Å². The molecule has 0 amide bonds. The zero-order chi connectivity index (χ0) is 15.3. The van der Waals surface area contributed by atoms with Crippen LogP contribution in [0.1, 0.15) is 5.56 Å². The van der Waals surface area contributed by atoms with Crippen molar-refractivity contribution < 1.29 is 24.7 Å². The lowest BCUT2D eigenvalue weighted by Gasteiger charge is -2.17. The van der Waals surface area contributed by atoms with Crippen LogP contribution in [0.2, 0.25) is 5.02 Å². The summed E-state index contributed by atoms with van der Waals surface area (Å²) in [6.45, 7) is -1.25. The van der Waals surface area contributed by atoms with Gasteiger partial charge in [-0.15, -0.1) is 0 Å². The van der Waals surface area contributed by atoms with Gasteiger partial charge in [-0.05, 0) is 12.1 Å². The Morgan fingerprint density at radius 1 is 1.25 bits per heavy atom. The molecule has 108 valence electrons. The third kappa shape index (κ3) is 4.82. The number of rotatable bonds is 7. The highest BCUT2D eigenvalue weighted by molar-refractivity contribution is 6.30. The van der Waals surface area contributed by atoms with Gasteiger partial charge in [-0.3, -0.25) is 24.6 Å². The first-order chi connectivity index (χ1) is 9.29. The molecule has 2 N–H and O–H groups in total. The van der Waals surface area contributed by atoms with Crippen molar-refractivity contribution in [1.82, 2.24) is 4.90 Å². The average Bonchev–Trinajstić information content (AvgIpc) is 2.29. The number of nitrogens with zero attached hydrogens (tertiary/aromatic N) is 2. The van der Waals surface area contributed by atoms with Crippen molar-refractivity contribution in [1.29, 1.82) is 0 Å². The Bertz CT molecular complexity index is 532. The van der Waals surface area contributed by atoms with Gasteiger partial charge in [0.1, 0.15) is 0 Å². The predicted octanol–water partition coefficient (Wildman–Crippen LogP) is 1.22. The second kappa shape index (κ2) is 6.83. The topological polar surface area (TPSA) is 121 Å². The van der Waals surface area contributed by atoms with Crippen LogP contribution in [0.25, 0.3) is 0 Å². The largest absolute Gasteiger partial charge is 0.480 e. The van der Waals surface area contributed by atoms with Crippen LogP contribution in [0.4, 0.5) is 5.69 Å². The molecule has 0 aliphatic heterocycles. The Kier molecular flexibility index (Phi) is 5.42. The van der Waals surface area contributed by atoms with E-state index in [1.54, 1.807) is 0 Å². The minimum absolute atomic E-state index is 0.170. The summed E-state index contributed by atoms with van der Waals surface area (Å²) in [7, 11) is 0. The fourth-order valence-electron chi connectivity index (χ4n) is 1.63. The minimum Gasteiger partial charge on any atom is -0.480 e.